The number of nitrogens with one attached hydrogen (secondary N) is 1. The molecule has 0 aliphatic heterocycles. The molecule has 3 rings (SSSR count). The number of halogens is 1. The Bertz CT molecular complexity index is 973. The highest BCUT2D eigenvalue weighted by Crippen LogP contribution is 2.21. The standard InChI is InChI=1S/C20H27ClN6O/c1-5-25(6-2)11-12-26-17-10-8-7-9-16(17)22-20(26)23-18(28)13-27-15(4)19(21)14(3)24-27/h7-10H,5-6,11-13H2,1-4H3,(H,22,23,28). The topological polar surface area (TPSA) is 68.0 Å². The molecule has 0 atom stereocenters. The van der Waals surface area contributed by atoms with Crippen LogP contribution in [0.15, 0.2) is 24.3 Å². The van der Waals surface area contributed by atoms with Crippen LogP contribution in [0.4, 0.5) is 5.95 Å². The summed E-state index contributed by atoms with van der Waals surface area (Å²) in [6.07, 6.45) is 0. The lowest BCUT2D eigenvalue weighted by Gasteiger charge is -2.19. The summed E-state index contributed by atoms with van der Waals surface area (Å²) in [4.78, 5) is 19.6. The van der Waals surface area contributed by atoms with E-state index in [1.54, 1.807) is 4.68 Å². The summed E-state index contributed by atoms with van der Waals surface area (Å²) in [5.74, 6) is 0.382. The molecule has 1 N–H and O–H groups in total. The number of rotatable bonds is 8. The van der Waals surface area contributed by atoms with Crippen LogP contribution >= 0.6 is 11.6 Å². The maximum absolute atomic E-state index is 12.7. The Hall–Kier alpha value is -2.38. The lowest BCUT2D eigenvalue weighted by atomic mass is 10.3. The minimum absolute atomic E-state index is 0.0959. The molecule has 8 heteroatoms. The third-order valence-corrected chi connectivity index (χ3v) is 5.57. The van der Waals surface area contributed by atoms with Gasteiger partial charge in [-0.1, -0.05) is 37.6 Å². The number of fused-ring (bicyclic) bond motifs is 1. The van der Waals surface area contributed by atoms with Crippen molar-refractivity contribution in [3.8, 4) is 0 Å². The second-order valence-corrected chi connectivity index (χ2v) is 7.17. The summed E-state index contributed by atoms with van der Waals surface area (Å²) in [5.41, 5.74) is 3.38. The summed E-state index contributed by atoms with van der Waals surface area (Å²) < 4.78 is 3.69. The number of carbonyl (C=O) groups excluding carboxylic acids is 1. The van der Waals surface area contributed by atoms with Gasteiger partial charge < -0.3 is 9.47 Å². The second kappa shape index (κ2) is 8.75. The van der Waals surface area contributed by atoms with Crippen molar-refractivity contribution in [3.05, 3.63) is 40.7 Å². The average molecular weight is 403 g/mol. The fourth-order valence-electron chi connectivity index (χ4n) is 3.31. The molecular weight excluding hydrogens is 376 g/mol. The van der Waals surface area contributed by atoms with E-state index in [2.05, 4.69) is 38.7 Å². The van der Waals surface area contributed by atoms with Crippen molar-refractivity contribution in [2.24, 2.45) is 0 Å². The molecule has 28 heavy (non-hydrogen) atoms. The van der Waals surface area contributed by atoms with E-state index in [9.17, 15) is 4.79 Å². The predicted molar refractivity (Wildman–Crippen MR) is 113 cm³/mol. The number of aromatic nitrogens is 4. The molecule has 2 aromatic heterocycles. The minimum atomic E-state index is -0.179. The van der Waals surface area contributed by atoms with Crippen LogP contribution in [0, 0.1) is 13.8 Å². The Labute approximate surface area is 170 Å². The lowest BCUT2D eigenvalue weighted by Crippen LogP contribution is -2.28. The van der Waals surface area contributed by atoms with E-state index in [0.717, 1.165) is 48.6 Å². The Morgan fingerprint density at radius 2 is 1.93 bits per heavy atom. The molecule has 1 aromatic carbocycles. The first kappa shape index (κ1) is 20.4. The third kappa shape index (κ3) is 4.20. The Morgan fingerprint density at radius 3 is 2.57 bits per heavy atom. The van der Waals surface area contributed by atoms with E-state index in [1.165, 1.54) is 0 Å². The van der Waals surface area contributed by atoms with Gasteiger partial charge >= 0.3 is 0 Å². The van der Waals surface area contributed by atoms with Gasteiger partial charge in [0.05, 0.1) is 27.4 Å². The quantitative estimate of drug-likeness (QED) is 0.626. The molecule has 0 bridgehead atoms. The number of hydrogen-bond donors (Lipinski definition) is 1. The number of likely N-dealkylation sites (N-methyl/N-ethyl adjacent to an activating group) is 1. The van der Waals surface area contributed by atoms with Crippen LogP contribution in [0.25, 0.3) is 11.0 Å². The van der Waals surface area contributed by atoms with Gasteiger partial charge in [0.2, 0.25) is 11.9 Å². The van der Waals surface area contributed by atoms with Crippen LogP contribution in [0.5, 0.6) is 0 Å². The van der Waals surface area contributed by atoms with Gasteiger partial charge in [-0.3, -0.25) is 14.8 Å². The van der Waals surface area contributed by atoms with Crippen LogP contribution in [-0.2, 0) is 17.9 Å². The van der Waals surface area contributed by atoms with Gasteiger partial charge in [0.25, 0.3) is 0 Å². The van der Waals surface area contributed by atoms with Crippen molar-refractivity contribution in [2.75, 3.05) is 25.0 Å². The Balaban J connectivity index is 1.82. The number of aryl methyl sites for hydroxylation is 1. The van der Waals surface area contributed by atoms with Gasteiger partial charge in [0.15, 0.2) is 0 Å². The van der Waals surface area contributed by atoms with E-state index in [4.69, 9.17) is 11.6 Å². The lowest BCUT2D eigenvalue weighted by molar-refractivity contribution is -0.117. The highest BCUT2D eigenvalue weighted by molar-refractivity contribution is 6.31. The number of anilines is 1. The predicted octanol–water partition coefficient (Wildman–Crippen LogP) is 3.48. The summed E-state index contributed by atoms with van der Waals surface area (Å²) in [7, 11) is 0. The number of para-hydroxylation sites is 2. The van der Waals surface area contributed by atoms with Crippen molar-refractivity contribution in [3.63, 3.8) is 0 Å². The first-order valence-corrected chi connectivity index (χ1v) is 9.99. The molecule has 0 aliphatic carbocycles. The molecule has 0 saturated carbocycles. The maximum atomic E-state index is 12.7. The van der Waals surface area contributed by atoms with Crippen LogP contribution < -0.4 is 5.32 Å². The van der Waals surface area contributed by atoms with Gasteiger partial charge in [-0.15, -0.1) is 0 Å². The molecule has 150 valence electrons. The molecule has 0 spiro atoms. The van der Waals surface area contributed by atoms with Crippen LogP contribution in [0.1, 0.15) is 25.2 Å². The average Bonchev–Trinajstić information content (AvgIpc) is 3.14. The van der Waals surface area contributed by atoms with Crippen LogP contribution in [0.3, 0.4) is 0 Å². The van der Waals surface area contributed by atoms with Crippen LogP contribution in [0.2, 0.25) is 5.02 Å². The smallest absolute Gasteiger partial charge is 0.248 e. The molecule has 1 amide bonds. The SMILES string of the molecule is CCN(CC)CCn1c(NC(=O)Cn2nc(C)c(Cl)c2C)nc2ccccc21. The van der Waals surface area contributed by atoms with Gasteiger partial charge in [-0.05, 0) is 39.1 Å². The summed E-state index contributed by atoms with van der Waals surface area (Å²) >= 11 is 6.18. The minimum Gasteiger partial charge on any atom is -0.309 e. The van der Waals surface area contributed by atoms with Crippen molar-refractivity contribution in [2.45, 2.75) is 40.8 Å². The fraction of sp³-hybridized carbons (Fsp3) is 0.450. The summed E-state index contributed by atoms with van der Waals surface area (Å²) in [6, 6.07) is 7.93. The normalized spacial score (nSPS) is 11.5. The number of carbonyl (C=O) groups is 1. The van der Waals surface area contributed by atoms with Gasteiger partial charge in [-0.2, -0.15) is 5.10 Å². The number of imidazole rings is 1. The molecule has 3 aromatic rings. The third-order valence-electron chi connectivity index (χ3n) is 5.03. The molecule has 0 saturated heterocycles. The van der Waals surface area contributed by atoms with E-state index >= 15 is 0 Å². The highest BCUT2D eigenvalue weighted by atomic mass is 35.5. The number of nitrogens with zero attached hydrogens (tertiary/aromatic N) is 5. The fourth-order valence-corrected chi connectivity index (χ4v) is 3.44. The monoisotopic (exact) mass is 402 g/mol. The van der Waals surface area contributed by atoms with Crippen molar-refractivity contribution >= 4 is 34.5 Å². The zero-order valence-electron chi connectivity index (χ0n) is 16.9. The zero-order valence-corrected chi connectivity index (χ0v) is 17.6. The molecule has 7 nitrogen and oxygen atoms in total. The summed E-state index contributed by atoms with van der Waals surface area (Å²) in [5, 5.41) is 7.88. The first-order valence-electron chi connectivity index (χ1n) is 9.61. The molecule has 0 aliphatic rings. The van der Waals surface area contributed by atoms with Gasteiger partial charge in [-0.25, -0.2) is 4.98 Å². The summed E-state index contributed by atoms with van der Waals surface area (Å²) in [6.45, 7) is 11.7. The Morgan fingerprint density at radius 1 is 1.21 bits per heavy atom. The van der Waals surface area contributed by atoms with E-state index in [0.29, 0.717) is 11.0 Å². The first-order chi connectivity index (χ1) is 13.4. The van der Waals surface area contributed by atoms with Gasteiger partial charge in [0, 0.05) is 13.1 Å². The Kier molecular flexibility index (Phi) is 6.36. The number of benzene rings is 1. The second-order valence-electron chi connectivity index (χ2n) is 6.79. The van der Waals surface area contributed by atoms with Gasteiger partial charge in [0.1, 0.15) is 6.54 Å². The van der Waals surface area contributed by atoms with Crippen LogP contribution in [-0.4, -0.2) is 49.8 Å². The zero-order chi connectivity index (χ0) is 20.3. The van der Waals surface area contributed by atoms with E-state index < -0.39 is 0 Å². The molecule has 0 fully saturated rings. The van der Waals surface area contributed by atoms with Crippen molar-refractivity contribution in [1.82, 2.24) is 24.2 Å². The van der Waals surface area contributed by atoms with E-state index in [1.807, 2.05) is 38.1 Å². The van der Waals surface area contributed by atoms with E-state index in [-0.39, 0.29) is 12.5 Å². The molecule has 0 unspecified atom stereocenters. The largest absolute Gasteiger partial charge is 0.309 e. The number of amides is 1. The van der Waals surface area contributed by atoms with Crippen molar-refractivity contribution < 1.29 is 4.79 Å². The molecule has 2 heterocycles. The molecule has 0 radical (unpaired) electrons. The maximum Gasteiger partial charge on any atom is 0.248 e. The highest BCUT2D eigenvalue weighted by Gasteiger charge is 2.16. The number of hydrogen-bond acceptors (Lipinski definition) is 4. The molecular formula is C20H27ClN6O. The van der Waals surface area contributed by atoms with Crippen molar-refractivity contribution in [1.29, 1.82) is 0 Å².